The molecule has 2 aromatic rings. The van der Waals surface area contributed by atoms with Gasteiger partial charge >= 0.3 is 0 Å². The number of rotatable bonds is 4. The number of fused-ring (bicyclic) bond motifs is 1. The summed E-state index contributed by atoms with van der Waals surface area (Å²) in [6.45, 7) is 7.51. The van der Waals surface area contributed by atoms with Crippen molar-refractivity contribution >= 4 is 17.0 Å². The molecule has 0 amide bonds. The molecule has 1 aliphatic rings. The smallest absolute Gasteiger partial charge is 0.0440 e. The summed E-state index contributed by atoms with van der Waals surface area (Å²) in [5.74, 6) is 0. The van der Waals surface area contributed by atoms with Gasteiger partial charge in [-0.3, -0.25) is 0 Å². The van der Waals surface area contributed by atoms with E-state index in [0.717, 1.165) is 19.6 Å². The Kier molecular flexibility index (Phi) is 4.08. The van der Waals surface area contributed by atoms with E-state index in [4.69, 9.17) is 0 Å². The highest BCUT2D eigenvalue weighted by Gasteiger charge is 2.17. The van der Waals surface area contributed by atoms with Gasteiger partial charge in [0.25, 0.3) is 0 Å². The monoisotopic (exact) mass is 286 g/mol. The first kappa shape index (κ1) is 13.7. The first-order valence-corrected chi connectivity index (χ1v) is 8.23. The molecule has 1 aromatic carbocycles. The highest BCUT2D eigenvalue weighted by molar-refractivity contribution is 7.10. The van der Waals surface area contributed by atoms with Crippen LogP contribution in [0.2, 0.25) is 0 Å². The van der Waals surface area contributed by atoms with Crippen molar-refractivity contribution in [2.45, 2.75) is 39.4 Å². The van der Waals surface area contributed by atoms with E-state index < -0.39 is 0 Å². The molecule has 0 aliphatic carbocycles. The van der Waals surface area contributed by atoms with E-state index in [2.05, 4.69) is 59.8 Å². The minimum Gasteiger partial charge on any atom is -0.367 e. The number of nitrogens with one attached hydrogen (secondary N) is 1. The molecule has 0 saturated carbocycles. The fraction of sp³-hybridized carbons (Fsp3) is 0.412. The average molecular weight is 286 g/mol. The summed E-state index contributed by atoms with van der Waals surface area (Å²) < 4.78 is 0. The van der Waals surface area contributed by atoms with Crippen LogP contribution < -0.4 is 10.2 Å². The van der Waals surface area contributed by atoms with Gasteiger partial charge in [-0.15, -0.1) is 11.3 Å². The van der Waals surface area contributed by atoms with Gasteiger partial charge in [-0.05, 0) is 41.1 Å². The topological polar surface area (TPSA) is 15.3 Å². The Bertz CT molecular complexity index is 557. The highest BCUT2D eigenvalue weighted by atomic mass is 32.1. The van der Waals surface area contributed by atoms with E-state index in [1.54, 1.807) is 4.88 Å². The SMILES string of the molecule is CC(C)NCc1ccc(N2CCc3sccc3C2)cc1. The summed E-state index contributed by atoms with van der Waals surface area (Å²) in [5.41, 5.74) is 4.21. The van der Waals surface area contributed by atoms with Gasteiger partial charge < -0.3 is 10.2 Å². The lowest BCUT2D eigenvalue weighted by molar-refractivity contribution is 0.589. The minimum absolute atomic E-state index is 0.536. The Hall–Kier alpha value is -1.32. The van der Waals surface area contributed by atoms with Gasteiger partial charge in [-0.25, -0.2) is 0 Å². The molecule has 20 heavy (non-hydrogen) atoms. The van der Waals surface area contributed by atoms with E-state index in [9.17, 15) is 0 Å². The zero-order valence-corrected chi connectivity index (χ0v) is 13.0. The van der Waals surface area contributed by atoms with Crippen molar-refractivity contribution in [3.8, 4) is 0 Å². The Morgan fingerprint density at radius 1 is 1.20 bits per heavy atom. The number of benzene rings is 1. The second-order valence-electron chi connectivity index (χ2n) is 5.74. The van der Waals surface area contributed by atoms with Crippen LogP contribution in [0.25, 0.3) is 0 Å². The summed E-state index contributed by atoms with van der Waals surface area (Å²) in [5, 5.41) is 5.68. The van der Waals surface area contributed by atoms with Crippen molar-refractivity contribution in [1.82, 2.24) is 5.32 Å². The maximum Gasteiger partial charge on any atom is 0.0440 e. The van der Waals surface area contributed by atoms with Crippen LogP contribution in [-0.4, -0.2) is 12.6 Å². The van der Waals surface area contributed by atoms with Gasteiger partial charge in [0.05, 0.1) is 0 Å². The molecule has 106 valence electrons. The van der Waals surface area contributed by atoms with Gasteiger partial charge in [0.1, 0.15) is 0 Å². The second kappa shape index (κ2) is 5.98. The maximum absolute atomic E-state index is 3.46. The van der Waals surface area contributed by atoms with Gasteiger partial charge in [0.15, 0.2) is 0 Å². The van der Waals surface area contributed by atoms with Crippen LogP contribution in [0.15, 0.2) is 35.7 Å². The first-order chi connectivity index (χ1) is 9.72. The Morgan fingerprint density at radius 3 is 2.75 bits per heavy atom. The van der Waals surface area contributed by atoms with Crippen molar-refractivity contribution in [2.75, 3.05) is 11.4 Å². The molecule has 0 fully saturated rings. The third-order valence-electron chi connectivity index (χ3n) is 3.82. The molecule has 0 atom stereocenters. The van der Waals surface area contributed by atoms with Crippen LogP contribution in [0.1, 0.15) is 29.9 Å². The minimum atomic E-state index is 0.536. The van der Waals surface area contributed by atoms with Crippen LogP contribution in [0.4, 0.5) is 5.69 Å². The number of hydrogen-bond donors (Lipinski definition) is 1. The molecule has 2 nitrogen and oxygen atoms in total. The number of hydrogen-bond acceptors (Lipinski definition) is 3. The van der Waals surface area contributed by atoms with Crippen LogP contribution in [0.5, 0.6) is 0 Å². The zero-order chi connectivity index (χ0) is 13.9. The molecule has 1 N–H and O–H groups in total. The molecule has 0 saturated heterocycles. The summed E-state index contributed by atoms with van der Waals surface area (Å²) in [6.07, 6.45) is 1.18. The standard InChI is InChI=1S/C17H22N2S/c1-13(2)18-11-14-3-5-16(6-4-14)19-9-7-17-15(12-19)8-10-20-17/h3-6,8,10,13,18H,7,9,11-12H2,1-2H3. The van der Waals surface area contributed by atoms with Crippen molar-refractivity contribution in [1.29, 1.82) is 0 Å². The molecule has 1 aromatic heterocycles. The van der Waals surface area contributed by atoms with E-state index in [0.29, 0.717) is 6.04 Å². The van der Waals surface area contributed by atoms with Crippen LogP contribution in [0.3, 0.4) is 0 Å². The predicted octanol–water partition coefficient (Wildman–Crippen LogP) is 3.81. The van der Waals surface area contributed by atoms with Crippen LogP contribution in [0, 0.1) is 0 Å². The third-order valence-corrected chi connectivity index (χ3v) is 4.85. The highest BCUT2D eigenvalue weighted by Crippen LogP contribution is 2.27. The zero-order valence-electron chi connectivity index (χ0n) is 12.2. The number of anilines is 1. The maximum atomic E-state index is 3.46. The number of thiophene rings is 1. The fourth-order valence-electron chi connectivity index (χ4n) is 2.62. The van der Waals surface area contributed by atoms with Gasteiger partial charge in [-0.1, -0.05) is 26.0 Å². The van der Waals surface area contributed by atoms with Crippen molar-refractivity contribution in [2.24, 2.45) is 0 Å². The molecule has 0 bridgehead atoms. The summed E-state index contributed by atoms with van der Waals surface area (Å²) in [7, 11) is 0. The molecule has 2 heterocycles. The Labute approximate surface area is 125 Å². The van der Waals surface area contributed by atoms with Crippen molar-refractivity contribution in [3.05, 3.63) is 51.7 Å². The fourth-order valence-corrected chi connectivity index (χ4v) is 3.51. The van der Waals surface area contributed by atoms with Gasteiger partial charge in [-0.2, -0.15) is 0 Å². The summed E-state index contributed by atoms with van der Waals surface area (Å²) in [6, 6.07) is 11.8. The first-order valence-electron chi connectivity index (χ1n) is 7.35. The normalized spacial score (nSPS) is 14.7. The quantitative estimate of drug-likeness (QED) is 0.919. The average Bonchev–Trinajstić information content (AvgIpc) is 2.93. The van der Waals surface area contributed by atoms with Gasteiger partial charge in [0, 0.05) is 36.2 Å². The summed E-state index contributed by atoms with van der Waals surface area (Å²) >= 11 is 1.90. The van der Waals surface area contributed by atoms with Crippen LogP contribution >= 0.6 is 11.3 Å². The Morgan fingerprint density at radius 2 is 2.00 bits per heavy atom. The third kappa shape index (κ3) is 3.05. The molecule has 0 radical (unpaired) electrons. The second-order valence-corrected chi connectivity index (χ2v) is 6.74. The lowest BCUT2D eigenvalue weighted by Gasteiger charge is -2.29. The molecule has 0 unspecified atom stereocenters. The molecule has 0 spiro atoms. The van der Waals surface area contributed by atoms with E-state index in [1.165, 1.54) is 23.2 Å². The van der Waals surface area contributed by atoms with Gasteiger partial charge in [0.2, 0.25) is 0 Å². The molecule has 1 aliphatic heterocycles. The lowest BCUT2D eigenvalue weighted by atomic mass is 10.1. The largest absolute Gasteiger partial charge is 0.367 e. The van der Waals surface area contributed by atoms with E-state index >= 15 is 0 Å². The Balaban J connectivity index is 1.66. The van der Waals surface area contributed by atoms with Crippen molar-refractivity contribution in [3.63, 3.8) is 0 Å². The predicted molar refractivity (Wildman–Crippen MR) is 87.5 cm³/mol. The summed E-state index contributed by atoms with van der Waals surface area (Å²) in [4.78, 5) is 4.05. The van der Waals surface area contributed by atoms with Crippen LogP contribution in [-0.2, 0) is 19.5 Å². The molecule has 3 heteroatoms. The van der Waals surface area contributed by atoms with E-state index in [-0.39, 0.29) is 0 Å². The molecular weight excluding hydrogens is 264 g/mol. The molecule has 3 rings (SSSR count). The van der Waals surface area contributed by atoms with E-state index in [1.807, 2.05) is 11.3 Å². The molecular formula is C17H22N2S. The number of nitrogens with zero attached hydrogens (tertiary/aromatic N) is 1. The lowest BCUT2D eigenvalue weighted by Crippen LogP contribution is -2.29. The van der Waals surface area contributed by atoms with Crippen molar-refractivity contribution < 1.29 is 0 Å².